The first-order valence-electron chi connectivity index (χ1n) is 7.03. The lowest BCUT2D eigenvalue weighted by molar-refractivity contribution is 0.584. The Balaban J connectivity index is 2.41. The number of nitrogens with zero attached hydrogens (tertiary/aromatic N) is 1. The number of aromatic nitrogens is 1. The molecule has 1 unspecified atom stereocenters. The lowest BCUT2D eigenvalue weighted by atomic mass is 9.96. The topological polar surface area (TPSA) is 24.9 Å². The van der Waals surface area contributed by atoms with Gasteiger partial charge in [-0.15, -0.1) is 0 Å². The predicted octanol–water partition coefficient (Wildman–Crippen LogP) is 4.55. The van der Waals surface area contributed by atoms with Gasteiger partial charge in [0.05, 0.1) is 11.7 Å². The third-order valence-electron chi connectivity index (χ3n) is 3.39. The maximum absolute atomic E-state index is 4.57. The van der Waals surface area contributed by atoms with Crippen molar-refractivity contribution in [2.24, 2.45) is 0 Å². The van der Waals surface area contributed by atoms with Crippen LogP contribution in [0.25, 0.3) is 0 Å². The van der Waals surface area contributed by atoms with Gasteiger partial charge in [-0.05, 0) is 66.0 Å². The van der Waals surface area contributed by atoms with Gasteiger partial charge >= 0.3 is 0 Å². The SMILES string of the molecule is CCCNC(c1ccc(Br)cn1)c1cc(C)ccc1C. The molecular weight excluding hydrogens is 312 g/mol. The molecule has 1 heterocycles. The number of aryl methyl sites for hydroxylation is 2. The molecule has 2 aromatic rings. The maximum Gasteiger partial charge on any atom is 0.0754 e. The van der Waals surface area contributed by atoms with Gasteiger partial charge in [-0.3, -0.25) is 4.98 Å². The van der Waals surface area contributed by atoms with Crippen molar-refractivity contribution < 1.29 is 0 Å². The first kappa shape index (κ1) is 15.2. The van der Waals surface area contributed by atoms with Gasteiger partial charge in [0.25, 0.3) is 0 Å². The molecule has 0 aliphatic carbocycles. The van der Waals surface area contributed by atoms with Gasteiger partial charge in [0, 0.05) is 10.7 Å². The molecule has 0 saturated carbocycles. The summed E-state index contributed by atoms with van der Waals surface area (Å²) in [5.41, 5.74) is 4.96. The summed E-state index contributed by atoms with van der Waals surface area (Å²) in [6.45, 7) is 7.46. The van der Waals surface area contributed by atoms with Crippen molar-refractivity contribution >= 4 is 15.9 Å². The summed E-state index contributed by atoms with van der Waals surface area (Å²) in [5, 5.41) is 3.61. The van der Waals surface area contributed by atoms with Crippen molar-refractivity contribution in [2.75, 3.05) is 6.54 Å². The molecule has 0 aliphatic heterocycles. The maximum atomic E-state index is 4.57. The highest BCUT2D eigenvalue weighted by molar-refractivity contribution is 9.10. The van der Waals surface area contributed by atoms with Crippen molar-refractivity contribution in [3.8, 4) is 0 Å². The van der Waals surface area contributed by atoms with Crippen LogP contribution in [-0.2, 0) is 0 Å². The number of pyridine rings is 1. The minimum absolute atomic E-state index is 0.156. The van der Waals surface area contributed by atoms with Crippen LogP contribution in [0.3, 0.4) is 0 Å². The summed E-state index contributed by atoms with van der Waals surface area (Å²) in [4.78, 5) is 4.57. The van der Waals surface area contributed by atoms with E-state index < -0.39 is 0 Å². The molecule has 20 heavy (non-hydrogen) atoms. The van der Waals surface area contributed by atoms with Gasteiger partial charge in [0.15, 0.2) is 0 Å². The average molecular weight is 333 g/mol. The summed E-state index contributed by atoms with van der Waals surface area (Å²) in [6.07, 6.45) is 2.97. The highest BCUT2D eigenvalue weighted by Gasteiger charge is 2.16. The smallest absolute Gasteiger partial charge is 0.0754 e. The fraction of sp³-hybridized carbons (Fsp3) is 0.353. The Morgan fingerprint density at radius 3 is 2.65 bits per heavy atom. The minimum Gasteiger partial charge on any atom is -0.305 e. The molecule has 1 aromatic heterocycles. The largest absolute Gasteiger partial charge is 0.305 e. The van der Waals surface area contributed by atoms with E-state index in [1.54, 1.807) is 0 Å². The van der Waals surface area contributed by atoms with Crippen LogP contribution in [0.1, 0.15) is 41.8 Å². The van der Waals surface area contributed by atoms with Crippen molar-refractivity contribution in [2.45, 2.75) is 33.2 Å². The van der Waals surface area contributed by atoms with Crippen LogP contribution < -0.4 is 5.32 Å². The van der Waals surface area contributed by atoms with Crippen LogP contribution in [0.5, 0.6) is 0 Å². The molecule has 1 N–H and O–H groups in total. The zero-order valence-corrected chi connectivity index (χ0v) is 13.9. The van der Waals surface area contributed by atoms with Gasteiger partial charge in [-0.1, -0.05) is 30.7 Å². The van der Waals surface area contributed by atoms with Gasteiger partial charge in [0.1, 0.15) is 0 Å². The van der Waals surface area contributed by atoms with E-state index in [9.17, 15) is 0 Å². The van der Waals surface area contributed by atoms with Gasteiger partial charge in [-0.25, -0.2) is 0 Å². The van der Waals surface area contributed by atoms with Crippen molar-refractivity contribution in [1.29, 1.82) is 0 Å². The fourth-order valence-corrected chi connectivity index (χ4v) is 2.53. The second kappa shape index (κ2) is 7.00. The first-order valence-corrected chi connectivity index (χ1v) is 7.83. The fourth-order valence-electron chi connectivity index (χ4n) is 2.29. The summed E-state index contributed by atoms with van der Waals surface area (Å²) in [6, 6.07) is 10.9. The quantitative estimate of drug-likeness (QED) is 0.868. The second-order valence-corrected chi connectivity index (χ2v) is 6.06. The monoisotopic (exact) mass is 332 g/mol. The van der Waals surface area contributed by atoms with Gasteiger partial charge in [0.2, 0.25) is 0 Å². The minimum atomic E-state index is 0.156. The Morgan fingerprint density at radius 1 is 1.20 bits per heavy atom. The molecule has 0 bridgehead atoms. The average Bonchev–Trinajstić information content (AvgIpc) is 2.44. The van der Waals surface area contributed by atoms with E-state index >= 15 is 0 Å². The van der Waals surface area contributed by atoms with Crippen molar-refractivity contribution in [3.63, 3.8) is 0 Å². The lowest BCUT2D eigenvalue weighted by Gasteiger charge is -2.21. The molecular formula is C17H21BrN2. The molecule has 1 atom stereocenters. The number of rotatable bonds is 5. The molecule has 2 nitrogen and oxygen atoms in total. The van der Waals surface area contributed by atoms with Crippen molar-refractivity contribution in [1.82, 2.24) is 10.3 Å². The number of hydrogen-bond acceptors (Lipinski definition) is 2. The van der Waals surface area contributed by atoms with Crippen LogP contribution in [-0.4, -0.2) is 11.5 Å². The van der Waals surface area contributed by atoms with E-state index in [0.29, 0.717) is 0 Å². The van der Waals surface area contributed by atoms with E-state index in [2.05, 4.69) is 71.3 Å². The molecule has 0 aliphatic rings. The zero-order valence-electron chi connectivity index (χ0n) is 12.3. The van der Waals surface area contributed by atoms with Crippen LogP contribution in [0.2, 0.25) is 0 Å². The van der Waals surface area contributed by atoms with Crippen molar-refractivity contribution in [3.05, 3.63) is 63.4 Å². The molecule has 0 spiro atoms. The van der Waals surface area contributed by atoms with E-state index in [1.165, 1.54) is 16.7 Å². The van der Waals surface area contributed by atoms with E-state index in [-0.39, 0.29) is 6.04 Å². The zero-order chi connectivity index (χ0) is 14.5. The Morgan fingerprint density at radius 2 is 2.00 bits per heavy atom. The number of nitrogens with one attached hydrogen (secondary N) is 1. The Labute approximate surface area is 129 Å². The van der Waals surface area contributed by atoms with Gasteiger partial charge < -0.3 is 5.32 Å². The lowest BCUT2D eigenvalue weighted by Crippen LogP contribution is -2.24. The molecule has 106 valence electrons. The van der Waals surface area contributed by atoms with Crippen LogP contribution in [0, 0.1) is 13.8 Å². The Hall–Kier alpha value is -1.19. The molecule has 3 heteroatoms. The van der Waals surface area contributed by atoms with Gasteiger partial charge in [-0.2, -0.15) is 0 Å². The third-order valence-corrected chi connectivity index (χ3v) is 3.86. The summed E-state index contributed by atoms with van der Waals surface area (Å²) in [5.74, 6) is 0. The molecule has 1 aromatic carbocycles. The van der Waals surface area contributed by atoms with Crippen LogP contribution >= 0.6 is 15.9 Å². The Bertz CT molecular complexity index is 564. The predicted molar refractivity (Wildman–Crippen MR) is 88.0 cm³/mol. The third kappa shape index (κ3) is 3.68. The molecule has 0 radical (unpaired) electrons. The molecule has 0 saturated heterocycles. The summed E-state index contributed by atoms with van der Waals surface area (Å²) < 4.78 is 1.01. The Kier molecular flexibility index (Phi) is 5.32. The van der Waals surface area contributed by atoms with Crippen LogP contribution in [0.15, 0.2) is 41.0 Å². The summed E-state index contributed by atoms with van der Waals surface area (Å²) >= 11 is 3.45. The highest BCUT2D eigenvalue weighted by Crippen LogP contribution is 2.25. The molecule has 0 fully saturated rings. The molecule has 2 rings (SSSR count). The number of hydrogen-bond donors (Lipinski definition) is 1. The number of benzene rings is 1. The summed E-state index contributed by atoms with van der Waals surface area (Å²) in [7, 11) is 0. The normalized spacial score (nSPS) is 12.4. The highest BCUT2D eigenvalue weighted by atomic mass is 79.9. The standard InChI is InChI=1S/C17H21BrN2/c1-4-9-19-17(16-8-7-14(18)11-20-16)15-10-12(2)5-6-13(15)3/h5-8,10-11,17,19H,4,9H2,1-3H3. The van der Waals surface area contributed by atoms with E-state index in [4.69, 9.17) is 0 Å². The molecule has 0 amide bonds. The van der Waals surface area contributed by atoms with Crippen LogP contribution in [0.4, 0.5) is 0 Å². The second-order valence-electron chi connectivity index (χ2n) is 5.15. The first-order chi connectivity index (χ1) is 9.61. The van der Waals surface area contributed by atoms with E-state index in [0.717, 1.165) is 23.1 Å². The number of halogens is 1. The van der Waals surface area contributed by atoms with E-state index in [1.807, 2.05) is 12.3 Å².